The number of anilines is 1. The van der Waals surface area contributed by atoms with Crippen molar-refractivity contribution in [3.63, 3.8) is 0 Å². The normalized spacial score (nSPS) is 11.8. The zero-order valence-electron chi connectivity index (χ0n) is 21.7. The molecule has 0 fully saturated rings. The van der Waals surface area contributed by atoms with Gasteiger partial charge in [0.05, 0.1) is 5.69 Å². The predicted octanol–water partition coefficient (Wildman–Crippen LogP) is 6.29. The van der Waals surface area contributed by atoms with Crippen molar-refractivity contribution in [2.24, 2.45) is 5.92 Å². The van der Waals surface area contributed by atoms with Gasteiger partial charge in [-0.2, -0.15) is 0 Å². The number of rotatable bonds is 12. The van der Waals surface area contributed by atoms with E-state index in [4.69, 9.17) is 4.98 Å². The fraction of sp³-hybridized carbons (Fsp3) is 0.258. The Hall–Kier alpha value is -3.97. The number of benzene rings is 3. The summed E-state index contributed by atoms with van der Waals surface area (Å²) in [5, 5.41) is 15.1. The zero-order valence-corrected chi connectivity index (χ0v) is 22.5. The molecule has 1 heterocycles. The molecule has 0 saturated carbocycles. The maximum atomic E-state index is 12.7. The first-order valence-corrected chi connectivity index (χ1v) is 13.7. The number of carbonyl (C=O) groups excluding carboxylic acids is 1. The number of nitrogens with one attached hydrogen (secondary N) is 1. The number of hydrogen-bond acceptors (Lipinski definition) is 5. The Balaban J connectivity index is 1.49. The molecule has 1 amide bonds. The van der Waals surface area contributed by atoms with Crippen LogP contribution in [0.4, 0.5) is 5.13 Å². The van der Waals surface area contributed by atoms with Gasteiger partial charge in [0.1, 0.15) is 6.04 Å². The summed E-state index contributed by atoms with van der Waals surface area (Å²) in [6.07, 6.45) is 1.27. The van der Waals surface area contributed by atoms with Crippen LogP contribution in [0.3, 0.4) is 0 Å². The van der Waals surface area contributed by atoms with Crippen molar-refractivity contribution in [1.29, 1.82) is 0 Å². The number of carbonyl (C=O) groups is 2. The highest BCUT2D eigenvalue weighted by Crippen LogP contribution is 2.28. The monoisotopic (exact) mass is 527 g/mol. The summed E-state index contributed by atoms with van der Waals surface area (Å²) < 4.78 is 0. The highest BCUT2D eigenvalue weighted by Gasteiger charge is 2.22. The number of aromatic nitrogens is 1. The summed E-state index contributed by atoms with van der Waals surface area (Å²) in [6, 6.07) is 27.0. The van der Waals surface area contributed by atoms with Crippen LogP contribution >= 0.6 is 11.3 Å². The van der Waals surface area contributed by atoms with Gasteiger partial charge in [-0.1, -0.05) is 86.6 Å². The summed E-state index contributed by atoms with van der Waals surface area (Å²) in [5.74, 6) is -1.23. The molecular weight excluding hydrogens is 494 g/mol. The third-order valence-electron chi connectivity index (χ3n) is 6.25. The van der Waals surface area contributed by atoms with Gasteiger partial charge in [-0.25, -0.2) is 9.78 Å². The summed E-state index contributed by atoms with van der Waals surface area (Å²) in [6.45, 7) is 5.31. The molecule has 4 aromatic rings. The summed E-state index contributed by atoms with van der Waals surface area (Å²) >= 11 is 1.62. The van der Waals surface area contributed by atoms with Crippen LogP contribution in [-0.2, 0) is 17.8 Å². The van der Waals surface area contributed by atoms with Crippen LogP contribution in [0, 0.1) is 5.92 Å². The quantitative estimate of drug-likeness (QED) is 0.226. The van der Waals surface area contributed by atoms with Crippen molar-refractivity contribution in [3.05, 3.63) is 107 Å². The van der Waals surface area contributed by atoms with Crippen LogP contribution < -0.4 is 10.2 Å². The maximum absolute atomic E-state index is 12.7. The highest BCUT2D eigenvalue weighted by atomic mass is 32.1. The maximum Gasteiger partial charge on any atom is 0.326 e. The molecule has 0 aliphatic carbocycles. The first-order chi connectivity index (χ1) is 18.4. The Morgan fingerprint density at radius 1 is 0.921 bits per heavy atom. The van der Waals surface area contributed by atoms with Crippen LogP contribution in [0.25, 0.3) is 11.3 Å². The second-order valence-corrected chi connectivity index (χ2v) is 10.6. The first kappa shape index (κ1) is 27.1. The SMILES string of the molecule is CC(C)CC(NC(=O)c1ccc(CN(CCc2ccccc2)c2nc(-c3ccccc3)cs2)cc1)C(=O)O. The molecule has 1 unspecified atom stereocenters. The molecule has 0 saturated heterocycles. The lowest BCUT2D eigenvalue weighted by molar-refractivity contribution is -0.139. The Morgan fingerprint density at radius 2 is 1.58 bits per heavy atom. The average molecular weight is 528 g/mol. The Morgan fingerprint density at radius 3 is 2.21 bits per heavy atom. The van der Waals surface area contributed by atoms with E-state index in [1.807, 2.05) is 50.2 Å². The van der Waals surface area contributed by atoms with Gasteiger partial charge >= 0.3 is 5.97 Å². The van der Waals surface area contributed by atoms with E-state index in [2.05, 4.69) is 52.0 Å². The molecule has 3 aromatic carbocycles. The van der Waals surface area contributed by atoms with Gasteiger partial charge < -0.3 is 15.3 Å². The second-order valence-electron chi connectivity index (χ2n) is 9.73. The molecule has 7 heteroatoms. The van der Waals surface area contributed by atoms with E-state index in [1.54, 1.807) is 23.5 Å². The molecule has 1 aromatic heterocycles. The Labute approximate surface area is 228 Å². The van der Waals surface area contributed by atoms with Gasteiger partial charge in [-0.3, -0.25) is 4.79 Å². The van der Waals surface area contributed by atoms with Crippen molar-refractivity contribution in [1.82, 2.24) is 10.3 Å². The van der Waals surface area contributed by atoms with Crippen molar-refractivity contribution < 1.29 is 14.7 Å². The number of amides is 1. The van der Waals surface area contributed by atoms with Crippen molar-refractivity contribution >= 4 is 28.3 Å². The highest BCUT2D eigenvalue weighted by molar-refractivity contribution is 7.14. The topological polar surface area (TPSA) is 82.5 Å². The summed E-state index contributed by atoms with van der Waals surface area (Å²) in [7, 11) is 0. The Kier molecular flexibility index (Phi) is 9.27. The minimum atomic E-state index is -1.02. The lowest BCUT2D eigenvalue weighted by Crippen LogP contribution is -2.41. The third-order valence-corrected chi connectivity index (χ3v) is 7.15. The molecular formula is C31H33N3O3S. The molecule has 0 spiro atoms. The number of thiazole rings is 1. The molecule has 4 rings (SSSR count). The van der Waals surface area contributed by atoms with Crippen molar-refractivity contribution in [2.45, 2.75) is 39.3 Å². The van der Waals surface area contributed by atoms with Gasteiger partial charge in [-0.15, -0.1) is 11.3 Å². The minimum Gasteiger partial charge on any atom is -0.480 e. The standard InChI is InChI=1S/C31H33N3O3S/c1-22(2)19-27(30(36)37)32-29(35)26-15-13-24(14-16-26)20-34(18-17-23-9-5-3-6-10-23)31-33-28(21-38-31)25-11-7-4-8-12-25/h3-16,21-22,27H,17-20H2,1-2H3,(H,32,35)(H,36,37). The van der Waals surface area contributed by atoms with Gasteiger partial charge in [0.15, 0.2) is 5.13 Å². The van der Waals surface area contributed by atoms with E-state index in [-0.39, 0.29) is 11.8 Å². The van der Waals surface area contributed by atoms with E-state index >= 15 is 0 Å². The molecule has 0 aliphatic rings. The zero-order chi connectivity index (χ0) is 26.9. The fourth-order valence-corrected chi connectivity index (χ4v) is 5.08. The van der Waals surface area contributed by atoms with Crippen molar-refractivity contribution in [2.75, 3.05) is 11.4 Å². The summed E-state index contributed by atoms with van der Waals surface area (Å²) in [4.78, 5) is 31.4. The number of nitrogens with zero attached hydrogens (tertiary/aromatic N) is 2. The fourth-order valence-electron chi connectivity index (χ4n) is 4.22. The first-order valence-electron chi connectivity index (χ1n) is 12.8. The average Bonchev–Trinajstić information content (AvgIpc) is 3.42. The van der Waals surface area contributed by atoms with Gasteiger partial charge in [0, 0.05) is 29.6 Å². The predicted molar refractivity (Wildman–Crippen MR) is 154 cm³/mol. The molecule has 38 heavy (non-hydrogen) atoms. The molecule has 2 N–H and O–H groups in total. The molecule has 0 aliphatic heterocycles. The number of hydrogen-bond donors (Lipinski definition) is 2. The van der Waals surface area contributed by atoms with Gasteiger partial charge in [0.25, 0.3) is 5.91 Å². The van der Waals surface area contributed by atoms with E-state index in [1.165, 1.54) is 5.56 Å². The molecule has 6 nitrogen and oxygen atoms in total. The molecule has 0 bridgehead atoms. The van der Waals surface area contributed by atoms with Gasteiger partial charge in [0.2, 0.25) is 0 Å². The lowest BCUT2D eigenvalue weighted by atomic mass is 10.0. The molecule has 0 radical (unpaired) electrons. The van der Waals surface area contributed by atoms with Crippen LogP contribution in [0.5, 0.6) is 0 Å². The van der Waals surface area contributed by atoms with Crippen LogP contribution in [-0.4, -0.2) is 34.6 Å². The lowest BCUT2D eigenvalue weighted by Gasteiger charge is -2.22. The number of aliphatic carboxylic acids is 1. The number of carboxylic acids is 1. The van der Waals surface area contributed by atoms with E-state index in [0.29, 0.717) is 18.5 Å². The minimum absolute atomic E-state index is 0.161. The van der Waals surface area contributed by atoms with Crippen LogP contribution in [0.15, 0.2) is 90.3 Å². The van der Waals surface area contributed by atoms with E-state index in [0.717, 1.165) is 34.9 Å². The summed E-state index contributed by atoms with van der Waals surface area (Å²) in [5.41, 5.74) is 4.80. The Bertz CT molecular complexity index is 1320. The smallest absolute Gasteiger partial charge is 0.326 e. The largest absolute Gasteiger partial charge is 0.480 e. The van der Waals surface area contributed by atoms with Crippen LogP contribution in [0.1, 0.15) is 41.8 Å². The van der Waals surface area contributed by atoms with Gasteiger partial charge in [-0.05, 0) is 42.0 Å². The van der Waals surface area contributed by atoms with E-state index in [9.17, 15) is 14.7 Å². The third kappa shape index (κ3) is 7.52. The van der Waals surface area contributed by atoms with Crippen molar-refractivity contribution in [3.8, 4) is 11.3 Å². The second kappa shape index (κ2) is 13.0. The number of carboxylic acid groups (broad SMARTS) is 1. The molecule has 196 valence electrons. The van der Waals surface area contributed by atoms with Crippen LogP contribution in [0.2, 0.25) is 0 Å². The van der Waals surface area contributed by atoms with E-state index < -0.39 is 12.0 Å². The molecule has 1 atom stereocenters.